The van der Waals surface area contributed by atoms with Gasteiger partial charge in [-0.25, -0.2) is 4.89 Å². The van der Waals surface area contributed by atoms with Gasteiger partial charge in [-0.15, -0.1) is 0 Å². The van der Waals surface area contributed by atoms with Crippen molar-refractivity contribution in [3.63, 3.8) is 0 Å². The molecule has 0 aromatic carbocycles. The van der Waals surface area contributed by atoms with Crippen molar-refractivity contribution in [2.45, 2.75) is 83.7 Å². The number of carbonyl (C=O) groups excluding carboxylic acids is 1. The Morgan fingerprint density at radius 2 is 1.78 bits per heavy atom. The molecule has 0 rings (SSSR count). The summed E-state index contributed by atoms with van der Waals surface area (Å²) >= 11 is 0. The molecule has 0 saturated carbocycles. The van der Waals surface area contributed by atoms with E-state index in [1.807, 2.05) is 18.2 Å². The minimum atomic E-state index is -0.231. The van der Waals surface area contributed by atoms with Gasteiger partial charge in [0.25, 0.3) is 0 Å². The molecular formula is C19H34O4. The van der Waals surface area contributed by atoms with E-state index in [9.17, 15) is 4.79 Å². The van der Waals surface area contributed by atoms with Gasteiger partial charge in [0.05, 0.1) is 7.11 Å². The molecule has 0 aromatic heterocycles. The van der Waals surface area contributed by atoms with Crippen LogP contribution in [0.15, 0.2) is 24.3 Å². The number of rotatable bonds is 15. The Morgan fingerprint density at radius 3 is 2.48 bits per heavy atom. The Labute approximate surface area is 141 Å². The number of hydrogen-bond acceptors (Lipinski definition) is 4. The zero-order valence-electron chi connectivity index (χ0n) is 14.8. The second-order valence-corrected chi connectivity index (χ2v) is 5.84. The fourth-order valence-corrected chi connectivity index (χ4v) is 2.31. The van der Waals surface area contributed by atoms with Crippen molar-refractivity contribution >= 4 is 5.97 Å². The zero-order chi connectivity index (χ0) is 17.2. The van der Waals surface area contributed by atoms with Gasteiger partial charge in [0.1, 0.15) is 6.10 Å². The Morgan fingerprint density at radius 1 is 1.04 bits per heavy atom. The van der Waals surface area contributed by atoms with Gasteiger partial charge in [-0.2, -0.15) is 0 Å². The molecule has 0 aliphatic carbocycles. The first-order valence-electron chi connectivity index (χ1n) is 8.95. The molecule has 134 valence electrons. The SMILES string of the molecule is CCCCC/C=C\C=C\[C@@H](CCCCCCCC(=O)OC)OO. The first-order valence-corrected chi connectivity index (χ1v) is 8.95. The van der Waals surface area contributed by atoms with E-state index in [0.29, 0.717) is 6.42 Å². The lowest BCUT2D eigenvalue weighted by atomic mass is 10.1. The van der Waals surface area contributed by atoms with Crippen LogP contribution in [0, 0.1) is 0 Å². The third-order valence-corrected chi connectivity index (χ3v) is 3.78. The van der Waals surface area contributed by atoms with Crippen LogP contribution in [0.3, 0.4) is 0 Å². The summed E-state index contributed by atoms with van der Waals surface area (Å²) in [4.78, 5) is 15.4. The van der Waals surface area contributed by atoms with Crippen molar-refractivity contribution in [2.24, 2.45) is 0 Å². The maximum atomic E-state index is 10.9. The summed E-state index contributed by atoms with van der Waals surface area (Å²) < 4.78 is 4.60. The van der Waals surface area contributed by atoms with Crippen LogP contribution in [0.2, 0.25) is 0 Å². The summed E-state index contributed by atoms with van der Waals surface area (Å²) in [6, 6.07) is 0. The van der Waals surface area contributed by atoms with E-state index < -0.39 is 0 Å². The van der Waals surface area contributed by atoms with Gasteiger partial charge in [-0.05, 0) is 25.7 Å². The van der Waals surface area contributed by atoms with Crippen LogP contribution in [-0.2, 0) is 14.4 Å². The molecule has 0 bridgehead atoms. The van der Waals surface area contributed by atoms with Crippen LogP contribution in [0.4, 0.5) is 0 Å². The third kappa shape index (κ3) is 15.5. The van der Waals surface area contributed by atoms with Gasteiger partial charge in [-0.3, -0.25) is 10.1 Å². The van der Waals surface area contributed by atoms with E-state index >= 15 is 0 Å². The van der Waals surface area contributed by atoms with E-state index in [0.717, 1.165) is 44.9 Å². The highest BCUT2D eigenvalue weighted by Crippen LogP contribution is 2.11. The maximum absolute atomic E-state index is 10.9. The summed E-state index contributed by atoms with van der Waals surface area (Å²) in [6.45, 7) is 2.20. The van der Waals surface area contributed by atoms with Gasteiger partial charge >= 0.3 is 5.97 Å². The number of carbonyl (C=O) groups is 1. The summed E-state index contributed by atoms with van der Waals surface area (Å²) in [7, 11) is 1.42. The molecule has 0 saturated heterocycles. The number of unbranched alkanes of at least 4 members (excludes halogenated alkanes) is 7. The largest absolute Gasteiger partial charge is 0.469 e. The summed E-state index contributed by atoms with van der Waals surface area (Å²) in [6.07, 6.45) is 19.1. The number of methoxy groups -OCH3 is 1. The van der Waals surface area contributed by atoms with E-state index in [1.165, 1.54) is 26.4 Å². The fourth-order valence-electron chi connectivity index (χ4n) is 2.31. The quantitative estimate of drug-likeness (QED) is 0.143. The monoisotopic (exact) mass is 326 g/mol. The van der Waals surface area contributed by atoms with E-state index in [1.54, 1.807) is 0 Å². The highest BCUT2D eigenvalue weighted by atomic mass is 17.1. The standard InChI is InChI=1S/C19H34O4/c1-3-4-5-6-7-9-12-15-18(23-21)16-13-10-8-11-14-17-19(20)22-2/h7,9,12,15,18,21H,3-6,8,10-11,13-14,16-17H2,1-2H3/b9-7-,15-12+/t18-/m0/s1. The number of esters is 1. The second kappa shape index (κ2) is 17.2. The third-order valence-electron chi connectivity index (χ3n) is 3.78. The average molecular weight is 326 g/mol. The first-order chi connectivity index (χ1) is 11.2. The first kappa shape index (κ1) is 21.9. The van der Waals surface area contributed by atoms with Crippen LogP contribution in [0.1, 0.15) is 77.6 Å². The summed E-state index contributed by atoms with van der Waals surface area (Å²) in [5, 5.41) is 8.90. The molecule has 23 heavy (non-hydrogen) atoms. The highest BCUT2D eigenvalue weighted by molar-refractivity contribution is 5.68. The lowest BCUT2D eigenvalue weighted by molar-refractivity contribution is -0.267. The van der Waals surface area contributed by atoms with E-state index in [2.05, 4.69) is 22.6 Å². The van der Waals surface area contributed by atoms with Crippen molar-refractivity contribution in [3.8, 4) is 0 Å². The van der Waals surface area contributed by atoms with Crippen LogP contribution >= 0.6 is 0 Å². The van der Waals surface area contributed by atoms with Gasteiger partial charge < -0.3 is 4.74 Å². The Balaban J connectivity index is 3.59. The van der Waals surface area contributed by atoms with Gasteiger partial charge in [0.2, 0.25) is 0 Å². The Bertz CT molecular complexity index is 323. The van der Waals surface area contributed by atoms with Crippen molar-refractivity contribution in [2.75, 3.05) is 7.11 Å². The molecule has 0 aliphatic heterocycles. The molecule has 0 unspecified atom stereocenters. The van der Waals surface area contributed by atoms with Gasteiger partial charge in [0, 0.05) is 6.42 Å². The minimum Gasteiger partial charge on any atom is -0.469 e. The molecule has 1 N–H and O–H groups in total. The van der Waals surface area contributed by atoms with Crippen molar-refractivity contribution < 1.29 is 19.7 Å². The molecule has 0 fully saturated rings. The van der Waals surface area contributed by atoms with Crippen LogP contribution < -0.4 is 0 Å². The maximum Gasteiger partial charge on any atom is 0.305 e. The van der Waals surface area contributed by atoms with Crippen LogP contribution in [0.5, 0.6) is 0 Å². The van der Waals surface area contributed by atoms with Crippen molar-refractivity contribution in [3.05, 3.63) is 24.3 Å². The molecule has 0 heterocycles. The second-order valence-electron chi connectivity index (χ2n) is 5.84. The highest BCUT2D eigenvalue weighted by Gasteiger charge is 2.04. The van der Waals surface area contributed by atoms with Gasteiger partial charge in [0.15, 0.2) is 0 Å². The molecular weight excluding hydrogens is 292 g/mol. The molecule has 1 atom stereocenters. The topological polar surface area (TPSA) is 55.8 Å². The molecule has 0 aliphatic rings. The molecule has 0 spiro atoms. The van der Waals surface area contributed by atoms with Crippen LogP contribution in [-0.4, -0.2) is 24.4 Å². The summed E-state index contributed by atoms with van der Waals surface area (Å²) in [5.41, 5.74) is 0. The number of ether oxygens (including phenoxy) is 1. The van der Waals surface area contributed by atoms with Crippen molar-refractivity contribution in [1.29, 1.82) is 0 Å². The predicted octanol–water partition coefficient (Wildman–Crippen LogP) is 5.44. The van der Waals surface area contributed by atoms with E-state index in [4.69, 9.17) is 5.26 Å². The lowest BCUT2D eigenvalue weighted by Crippen LogP contribution is -2.06. The normalized spacial score (nSPS) is 13.0. The van der Waals surface area contributed by atoms with Crippen LogP contribution in [0.25, 0.3) is 0 Å². The lowest BCUT2D eigenvalue weighted by Gasteiger charge is -2.08. The zero-order valence-corrected chi connectivity index (χ0v) is 14.8. The average Bonchev–Trinajstić information content (AvgIpc) is 2.57. The van der Waals surface area contributed by atoms with Crippen molar-refractivity contribution in [1.82, 2.24) is 0 Å². The number of allylic oxidation sites excluding steroid dienone is 3. The smallest absolute Gasteiger partial charge is 0.305 e. The Kier molecular flexibility index (Phi) is 16.4. The molecule has 0 aromatic rings. The minimum absolute atomic E-state index is 0.133. The molecule has 4 heteroatoms. The molecule has 0 radical (unpaired) electrons. The summed E-state index contributed by atoms with van der Waals surface area (Å²) in [5.74, 6) is -0.133. The van der Waals surface area contributed by atoms with Gasteiger partial charge in [-0.1, -0.05) is 69.8 Å². The Hall–Kier alpha value is -1.13. The fraction of sp³-hybridized carbons (Fsp3) is 0.737. The predicted molar refractivity (Wildman–Crippen MR) is 94.3 cm³/mol. The molecule has 0 amide bonds. The van der Waals surface area contributed by atoms with E-state index in [-0.39, 0.29) is 12.1 Å². The molecule has 4 nitrogen and oxygen atoms in total. The number of hydrogen-bond donors (Lipinski definition) is 1.